The highest BCUT2D eigenvalue weighted by molar-refractivity contribution is 5.77. The van der Waals surface area contributed by atoms with Crippen LogP contribution in [0.4, 0.5) is 0 Å². The Hall–Kier alpha value is -2.29. The van der Waals surface area contributed by atoms with E-state index in [1.807, 2.05) is 24.3 Å². The van der Waals surface area contributed by atoms with Crippen molar-refractivity contribution in [2.45, 2.75) is 83.6 Å². The minimum atomic E-state index is -0.00490. The van der Waals surface area contributed by atoms with Gasteiger partial charge in [0, 0.05) is 6.04 Å². The van der Waals surface area contributed by atoms with Gasteiger partial charge in [0.05, 0.1) is 0 Å². The second kappa shape index (κ2) is 12.4. The first kappa shape index (κ1) is 22.4. The minimum absolute atomic E-state index is 0.00490. The SMILES string of the molecule is Cc1ccc(-c2ccc(OCC(=O)NC3CCCCCCCCCCC3)cc2)cc1. The summed E-state index contributed by atoms with van der Waals surface area (Å²) in [7, 11) is 0. The molecule has 1 fully saturated rings. The van der Waals surface area contributed by atoms with Crippen LogP contribution in [-0.2, 0) is 4.79 Å². The molecule has 0 radical (unpaired) electrons. The summed E-state index contributed by atoms with van der Waals surface area (Å²) in [6, 6.07) is 16.8. The van der Waals surface area contributed by atoms with Crippen molar-refractivity contribution in [1.29, 1.82) is 0 Å². The van der Waals surface area contributed by atoms with E-state index in [4.69, 9.17) is 4.74 Å². The van der Waals surface area contributed by atoms with Gasteiger partial charge in [0.1, 0.15) is 5.75 Å². The molecule has 1 aliphatic carbocycles. The lowest BCUT2D eigenvalue weighted by molar-refractivity contribution is -0.123. The molecular formula is C27H37NO2. The highest BCUT2D eigenvalue weighted by Crippen LogP contribution is 2.23. The molecule has 2 aromatic carbocycles. The molecule has 0 saturated heterocycles. The molecule has 162 valence electrons. The molecule has 1 amide bonds. The van der Waals surface area contributed by atoms with Crippen molar-refractivity contribution in [2.24, 2.45) is 0 Å². The molecule has 1 aliphatic rings. The normalized spacial score (nSPS) is 16.8. The molecule has 0 atom stereocenters. The van der Waals surface area contributed by atoms with Gasteiger partial charge < -0.3 is 10.1 Å². The zero-order valence-corrected chi connectivity index (χ0v) is 18.5. The van der Waals surface area contributed by atoms with Crippen LogP contribution >= 0.6 is 0 Å². The van der Waals surface area contributed by atoms with Gasteiger partial charge in [0.15, 0.2) is 6.61 Å². The van der Waals surface area contributed by atoms with Crippen LogP contribution in [0.25, 0.3) is 11.1 Å². The summed E-state index contributed by atoms with van der Waals surface area (Å²) < 4.78 is 5.74. The second-order valence-electron chi connectivity index (χ2n) is 8.70. The molecule has 1 saturated carbocycles. The van der Waals surface area contributed by atoms with Crippen LogP contribution < -0.4 is 10.1 Å². The molecule has 0 aromatic heterocycles. The first-order valence-corrected chi connectivity index (χ1v) is 11.8. The Balaban J connectivity index is 1.44. The van der Waals surface area contributed by atoms with Crippen LogP contribution in [0.2, 0.25) is 0 Å². The number of aryl methyl sites for hydroxylation is 1. The van der Waals surface area contributed by atoms with Crippen LogP contribution in [-0.4, -0.2) is 18.6 Å². The fourth-order valence-corrected chi connectivity index (χ4v) is 4.22. The van der Waals surface area contributed by atoms with Gasteiger partial charge in [0.25, 0.3) is 5.91 Å². The Morgan fingerprint density at radius 2 is 1.23 bits per heavy atom. The van der Waals surface area contributed by atoms with Crippen molar-refractivity contribution in [3.8, 4) is 16.9 Å². The fourth-order valence-electron chi connectivity index (χ4n) is 4.22. The average molecular weight is 408 g/mol. The maximum absolute atomic E-state index is 12.4. The van der Waals surface area contributed by atoms with Crippen molar-refractivity contribution in [3.63, 3.8) is 0 Å². The lowest BCUT2D eigenvalue weighted by atomic mass is 9.98. The highest BCUT2D eigenvalue weighted by Gasteiger charge is 2.13. The van der Waals surface area contributed by atoms with E-state index in [1.165, 1.54) is 68.9 Å². The van der Waals surface area contributed by atoms with Crippen LogP contribution in [0.1, 0.15) is 76.2 Å². The molecule has 3 rings (SSSR count). The predicted octanol–water partition coefficient (Wildman–Crippen LogP) is 6.83. The van der Waals surface area contributed by atoms with Crippen molar-refractivity contribution >= 4 is 5.91 Å². The third-order valence-corrected chi connectivity index (χ3v) is 6.08. The number of amides is 1. The molecule has 0 heterocycles. The van der Waals surface area contributed by atoms with Gasteiger partial charge in [-0.05, 0) is 43.0 Å². The van der Waals surface area contributed by atoms with E-state index in [2.05, 4.69) is 36.5 Å². The Labute approximate surface area is 182 Å². The minimum Gasteiger partial charge on any atom is -0.484 e. The molecule has 3 nitrogen and oxygen atoms in total. The van der Waals surface area contributed by atoms with Crippen molar-refractivity contribution in [1.82, 2.24) is 5.32 Å². The summed E-state index contributed by atoms with van der Waals surface area (Å²) >= 11 is 0. The van der Waals surface area contributed by atoms with E-state index in [0.29, 0.717) is 6.04 Å². The monoisotopic (exact) mass is 407 g/mol. The average Bonchev–Trinajstić information content (AvgIpc) is 2.75. The van der Waals surface area contributed by atoms with Crippen LogP contribution in [0.5, 0.6) is 5.75 Å². The largest absolute Gasteiger partial charge is 0.484 e. The van der Waals surface area contributed by atoms with Gasteiger partial charge in [-0.1, -0.05) is 99.7 Å². The number of hydrogen-bond acceptors (Lipinski definition) is 2. The quantitative estimate of drug-likeness (QED) is 0.590. The summed E-state index contributed by atoms with van der Waals surface area (Å²) in [5.74, 6) is 0.731. The first-order valence-electron chi connectivity index (χ1n) is 11.8. The molecule has 0 aliphatic heterocycles. The molecule has 0 spiro atoms. The third-order valence-electron chi connectivity index (χ3n) is 6.08. The maximum Gasteiger partial charge on any atom is 0.258 e. The zero-order valence-electron chi connectivity index (χ0n) is 18.5. The number of carbonyl (C=O) groups excluding carboxylic acids is 1. The van der Waals surface area contributed by atoms with E-state index >= 15 is 0 Å². The number of carbonyl (C=O) groups is 1. The number of benzene rings is 2. The Bertz CT molecular complexity index is 739. The zero-order chi connectivity index (χ0) is 21.0. The standard InChI is InChI=1S/C27H37NO2/c1-22-13-15-23(16-14-22)24-17-19-26(20-18-24)30-21-27(29)28-25-11-9-7-5-3-2-4-6-8-10-12-25/h13-20,25H,2-12,21H2,1H3,(H,28,29). The summed E-state index contributed by atoms with van der Waals surface area (Å²) in [4.78, 5) is 12.4. The van der Waals surface area contributed by atoms with E-state index in [0.717, 1.165) is 24.2 Å². The van der Waals surface area contributed by atoms with Gasteiger partial charge in [-0.15, -0.1) is 0 Å². The van der Waals surface area contributed by atoms with Crippen LogP contribution in [0.15, 0.2) is 48.5 Å². The topological polar surface area (TPSA) is 38.3 Å². The second-order valence-corrected chi connectivity index (χ2v) is 8.70. The van der Waals surface area contributed by atoms with Crippen LogP contribution in [0.3, 0.4) is 0 Å². The summed E-state index contributed by atoms with van der Waals surface area (Å²) in [6.45, 7) is 2.17. The molecular weight excluding hydrogens is 370 g/mol. The van der Waals surface area contributed by atoms with Crippen molar-refractivity contribution < 1.29 is 9.53 Å². The number of hydrogen-bond donors (Lipinski definition) is 1. The van der Waals surface area contributed by atoms with Gasteiger partial charge in [0.2, 0.25) is 0 Å². The highest BCUT2D eigenvalue weighted by atomic mass is 16.5. The van der Waals surface area contributed by atoms with Crippen LogP contribution in [0, 0.1) is 6.92 Å². The first-order chi connectivity index (χ1) is 14.7. The Kier molecular flexibility index (Phi) is 9.27. The van der Waals surface area contributed by atoms with E-state index < -0.39 is 0 Å². The summed E-state index contributed by atoms with van der Waals surface area (Å²) in [6.07, 6.45) is 14.0. The van der Waals surface area contributed by atoms with Gasteiger partial charge in [-0.2, -0.15) is 0 Å². The number of nitrogens with one attached hydrogen (secondary N) is 1. The molecule has 2 aromatic rings. The molecule has 0 bridgehead atoms. The Morgan fingerprint density at radius 1 is 0.767 bits per heavy atom. The van der Waals surface area contributed by atoms with Crippen molar-refractivity contribution in [3.05, 3.63) is 54.1 Å². The Morgan fingerprint density at radius 3 is 1.77 bits per heavy atom. The van der Waals surface area contributed by atoms with E-state index in [-0.39, 0.29) is 12.5 Å². The van der Waals surface area contributed by atoms with Crippen molar-refractivity contribution in [2.75, 3.05) is 6.61 Å². The number of rotatable bonds is 5. The molecule has 0 unspecified atom stereocenters. The van der Waals surface area contributed by atoms with E-state index in [1.54, 1.807) is 0 Å². The number of ether oxygens (including phenoxy) is 1. The maximum atomic E-state index is 12.4. The van der Waals surface area contributed by atoms with E-state index in [9.17, 15) is 4.79 Å². The smallest absolute Gasteiger partial charge is 0.258 e. The molecule has 1 N–H and O–H groups in total. The summed E-state index contributed by atoms with van der Waals surface area (Å²) in [5.41, 5.74) is 3.60. The molecule has 3 heteroatoms. The lowest BCUT2D eigenvalue weighted by Crippen LogP contribution is -2.38. The summed E-state index contributed by atoms with van der Waals surface area (Å²) in [5, 5.41) is 3.22. The third kappa shape index (κ3) is 7.85. The van der Waals surface area contributed by atoms with Gasteiger partial charge in [-0.25, -0.2) is 0 Å². The van der Waals surface area contributed by atoms with Gasteiger partial charge in [-0.3, -0.25) is 4.79 Å². The van der Waals surface area contributed by atoms with Gasteiger partial charge >= 0.3 is 0 Å². The predicted molar refractivity (Wildman–Crippen MR) is 125 cm³/mol. The fraction of sp³-hybridized carbons (Fsp3) is 0.519. The molecule has 30 heavy (non-hydrogen) atoms. The lowest BCUT2D eigenvalue weighted by Gasteiger charge is -2.19.